The van der Waals surface area contributed by atoms with E-state index in [4.69, 9.17) is 11.6 Å². The van der Waals surface area contributed by atoms with Crippen molar-refractivity contribution in [2.75, 3.05) is 6.54 Å². The van der Waals surface area contributed by atoms with Crippen molar-refractivity contribution in [3.63, 3.8) is 0 Å². The number of urea groups is 1. The summed E-state index contributed by atoms with van der Waals surface area (Å²) in [5.41, 5.74) is 0. The standard InChI is InChI=1S/C8H15ClN2O2/c1-5(2)4-10-8(13)11-7(12)6(3)9/h5-6H,4H2,1-3H3,(H2,10,11,12,13)/t6-/m1/s1. The Morgan fingerprint density at radius 1 is 1.31 bits per heavy atom. The van der Waals surface area contributed by atoms with Gasteiger partial charge in [-0.2, -0.15) is 0 Å². The van der Waals surface area contributed by atoms with Gasteiger partial charge in [-0.25, -0.2) is 4.79 Å². The molecule has 4 nitrogen and oxygen atoms in total. The van der Waals surface area contributed by atoms with E-state index in [9.17, 15) is 9.59 Å². The molecule has 0 aromatic carbocycles. The van der Waals surface area contributed by atoms with Crippen LogP contribution >= 0.6 is 11.6 Å². The van der Waals surface area contributed by atoms with Crippen LogP contribution in [-0.4, -0.2) is 23.9 Å². The van der Waals surface area contributed by atoms with E-state index in [2.05, 4.69) is 10.6 Å². The Bertz CT molecular complexity index is 193. The van der Waals surface area contributed by atoms with Crippen molar-refractivity contribution < 1.29 is 9.59 Å². The second-order valence-corrected chi connectivity index (χ2v) is 3.86. The smallest absolute Gasteiger partial charge is 0.321 e. The molecule has 13 heavy (non-hydrogen) atoms. The van der Waals surface area contributed by atoms with E-state index in [1.807, 2.05) is 13.8 Å². The molecule has 0 fully saturated rings. The van der Waals surface area contributed by atoms with Gasteiger partial charge in [0.2, 0.25) is 5.91 Å². The lowest BCUT2D eigenvalue weighted by atomic mass is 10.2. The Kier molecular flexibility index (Phi) is 5.46. The summed E-state index contributed by atoms with van der Waals surface area (Å²) in [5, 5.41) is 3.96. The Balaban J connectivity index is 3.69. The van der Waals surface area contributed by atoms with Crippen LogP contribution in [0.15, 0.2) is 0 Å². The van der Waals surface area contributed by atoms with Gasteiger partial charge in [0.05, 0.1) is 0 Å². The molecule has 0 saturated heterocycles. The summed E-state index contributed by atoms with van der Waals surface area (Å²) >= 11 is 5.44. The molecule has 0 aromatic rings. The van der Waals surface area contributed by atoms with Crippen LogP contribution in [0.25, 0.3) is 0 Å². The van der Waals surface area contributed by atoms with E-state index in [1.165, 1.54) is 6.92 Å². The number of rotatable bonds is 3. The third kappa shape index (κ3) is 6.40. The molecule has 0 aliphatic carbocycles. The van der Waals surface area contributed by atoms with Crippen LogP contribution in [0.2, 0.25) is 0 Å². The van der Waals surface area contributed by atoms with Gasteiger partial charge in [-0.15, -0.1) is 11.6 Å². The quantitative estimate of drug-likeness (QED) is 0.680. The molecule has 0 unspecified atom stereocenters. The van der Waals surface area contributed by atoms with Crippen molar-refractivity contribution in [2.45, 2.75) is 26.1 Å². The van der Waals surface area contributed by atoms with E-state index in [-0.39, 0.29) is 0 Å². The summed E-state index contributed by atoms with van der Waals surface area (Å²) in [4.78, 5) is 21.9. The van der Waals surface area contributed by atoms with Gasteiger partial charge >= 0.3 is 6.03 Å². The lowest BCUT2D eigenvalue weighted by molar-refractivity contribution is -0.119. The molecule has 0 saturated carbocycles. The van der Waals surface area contributed by atoms with Gasteiger partial charge in [0.1, 0.15) is 5.38 Å². The van der Waals surface area contributed by atoms with Crippen LogP contribution in [0.5, 0.6) is 0 Å². The highest BCUT2D eigenvalue weighted by Crippen LogP contribution is 1.92. The summed E-state index contributed by atoms with van der Waals surface area (Å²) < 4.78 is 0. The van der Waals surface area contributed by atoms with E-state index in [0.29, 0.717) is 12.5 Å². The maximum absolute atomic E-state index is 11.0. The summed E-state index contributed by atoms with van der Waals surface area (Å²) in [6.45, 7) is 5.97. The van der Waals surface area contributed by atoms with Crippen LogP contribution < -0.4 is 10.6 Å². The van der Waals surface area contributed by atoms with E-state index >= 15 is 0 Å². The largest absolute Gasteiger partial charge is 0.338 e. The first kappa shape index (κ1) is 12.2. The topological polar surface area (TPSA) is 58.2 Å². The van der Waals surface area contributed by atoms with Gasteiger partial charge in [0.15, 0.2) is 0 Å². The minimum atomic E-state index is -0.690. The Hall–Kier alpha value is -0.770. The molecular weight excluding hydrogens is 192 g/mol. The van der Waals surface area contributed by atoms with Gasteiger partial charge in [-0.05, 0) is 12.8 Å². The van der Waals surface area contributed by atoms with Crippen LogP contribution in [0.1, 0.15) is 20.8 Å². The van der Waals surface area contributed by atoms with E-state index < -0.39 is 17.3 Å². The normalized spacial score (nSPS) is 12.4. The highest BCUT2D eigenvalue weighted by atomic mass is 35.5. The zero-order chi connectivity index (χ0) is 10.4. The van der Waals surface area contributed by atoms with Crippen LogP contribution in [0, 0.1) is 5.92 Å². The van der Waals surface area contributed by atoms with E-state index in [1.54, 1.807) is 0 Å². The Morgan fingerprint density at radius 2 is 1.85 bits per heavy atom. The second kappa shape index (κ2) is 5.80. The number of carbonyl (C=O) groups excluding carboxylic acids is 2. The minimum Gasteiger partial charge on any atom is -0.338 e. The lowest BCUT2D eigenvalue weighted by Crippen LogP contribution is -2.43. The number of imide groups is 1. The molecule has 1 atom stereocenters. The summed E-state index contributed by atoms with van der Waals surface area (Å²) in [7, 11) is 0. The fraction of sp³-hybridized carbons (Fsp3) is 0.750. The van der Waals surface area contributed by atoms with Crippen molar-refractivity contribution in [1.29, 1.82) is 0 Å². The monoisotopic (exact) mass is 206 g/mol. The zero-order valence-electron chi connectivity index (χ0n) is 8.06. The fourth-order valence-corrected chi connectivity index (χ4v) is 0.607. The number of carbonyl (C=O) groups is 2. The van der Waals surface area contributed by atoms with Crippen LogP contribution in [0.3, 0.4) is 0 Å². The molecule has 0 rings (SSSR count). The van der Waals surface area contributed by atoms with Gasteiger partial charge in [-0.1, -0.05) is 13.8 Å². The number of hydrogen-bond donors (Lipinski definition) is 2. The lowest BCUT2D eigenvalue weighted by Gasteiger charge is -2.08. The highest BCUT2D eigenvalue weighted by Gasteiger charge is 2.12. The van der Waals surface area contributed by atoms with E-state index in [0.717, 1.165) is 0 Å². The van der Waals surface area contributed by atoms with Gasteiger partial charge in [0, 0.05) is 6.54 Å². The average Bonchev–Trinajstić information content (AvgIpc) is 2.00. The molecule has 0 aromatic heterocycles. The first-order valence-corrected chi connectivity index (χ1v) is 4.60. The first-order chi connectivity index (χ1) is 5.93. The maximum Gasteiger partial charge on any atom is 0.321 e. The minimum absolute atomic E-state index is 0.356. The fourth-order valence-electron chi connectivity index (χ4n) is 0.552. The number of halogens is 1. The van der Waals surface area contributed by atoms with Crippen LogP contribution in [-0.2, 0) is 4.79 Å². The molecule has 2 N–H and O–H groups in total. The SMILES string of the molecule is CC(C)CNC(=O)NC(=O)[C@@H](C)Cl. The number of alkyl halides is 1. The molecule has 0 spiro atoms. The molecule has 0 bridgehead atoms. The molecule has 76 valence electrons. The zero-order valence-corrected chi connectivity index (χ0v) is 8.81. The molecule has 3 amide bonds. The third-order valence-electron chi connectivity index (χ3n) is 1.27. The molecule has 5 heteroatoms. The molecule has 0 aliphatic heterocycles. The first-order valence-electron chi connectivity index (χ1n) is 4.16. The van der Waals surface area contributed by atoms with Crippen molar-refractivity contribution in [2.24, 2.45) is 5.92 Å². The third-order valence-corrected chi connectivity index (χ3v) is 1.47. The molecule has 0 aliphatic rings. The predicted molar refractivity (Wildman–Crippen MR) is 51.7 cm³/mol. The number of hydrogen-bond acceptors (Lipinski definition) is 2. The predicted octanol–water partition coefficient (Wildman–Crippen LogP) is 1.10. The number of amides is 3. The molecule has 0 radical (unpaired) electrons. The summed E-state index contributed by atoms with van der Waals surface area (Å²) in [6.07, 6.45) is 0. The van der Waals surface area contributed by atoms with Crippen molar-refractivity contribution in [1.82, 2.24) is 10.6 Å². The second-order valence-electron chi connectivity index (χ2n) is 3.21. The van der Waals surface area contributed by atoms with Crippen molar-refractivity contribution in [3.8, 4) is 0 Å². The maximum atomic E-state index is 11.0. The number of nitrogens with one attached hydrogen (secondary N) is 2. The van der Waals surface area contributed by atoms with Gasteiger partial charge in [0.25, 0.3) is 0 Å². The highest BCUT2D eigenvalue weighted by molar-refractivity contribution is 6.31. The average molecular weight is 207 g/mol. The molecule has 0 heterocycles. The van der Waals surface area contributed by atoms with Gasteiger partial charge in [-0.3, -0.25) is 10.1 Å². The van der Waals surface area contributed by atoms with Crippen LogP contribution in [0.4, 0.5) is 4.79 Å². The summed E-state index contributed by atoms with van der Waals surface area (Å²) in [6, 6.07) is -0.494. The Morgan fingerprint density at radius 3 is 2.23 bits per heavy atom. The molecular formula is C8H15ClN2O2. The summed E-state index contributed by atoms with van der Waals surface area (Å²) in [5.74, 6) is -0.128. The van der Waals surface area contributed by atoms with Crippen molar-refractivity contribution in [3.05, 3.63) is 0 Å². The van der Waals surface area contributed by atoms with Gasteiger partial charge < -0.3 is 5.32 Å². The Labute approximate surface area is 83.0 Å². The van der Waals surface area contributed by atoms with Crippen molar-refractivity contribution >= 4 is 23.5 Å².